The first kappa shape index (κ1) is 20.4. The van der Waals surface area contributed by atoms with E-state index in [1.54, 1.807) is 6.08 Å². The van der Waals surface area contributed by atoms with Gasteiger partial charge < -0.3 is 15.9 Å². The van der Waals surface area contributed by atoms with Gasteiger partial charge in [-0.15, -0.1) is 0 Å². The largest absolute Gasteiger partial charge is 0.478 e. The normalized spacial score (nSPS) is 12.0. The number of aliphatic carboxylic acids is 1. The van der Waals surface area contributed by atoms with E-state index in [-0.39, 0.29) is 12.6 Å². The molecule has 0 fully saturated rings. The fourth-order valence-corrected chi connectivity index (χ4v) is 1.36. The SMILES string of the molecule is CCC(N)CO.CCCCCCCCC=CC(=O)O. The Morgan fingerprint density at radius 3 is 2.16 bits per heavy atom. The van der Waals surface area contributed by atoms with Crippen molar-refractivity contribution in [3.05, 3.63) is 12.2 Å². The van der Waals surface area contributed by atoms with E-state index in [0.717, 1.165) is 19.3 Å². The lowest BCUT2D eigenvalue weighted by atomic mass is 10.1. The number of allylic oxidation sites excluding steroid dienone is 1. The van der Waals surface area contributed by atoms with Crippen LogP contribution in [0.25, 0.3) is 0 Å². The number of rotatable bonds is 10. The van der Waals surface area contributed by atoms with Crippen LogP contribution in [-0.4, -0.2) is 28.8 Å². The summed E-state index contributed by atoms with van der Waals surface area (Å²) in [5.74, 6) is -0.842. The third kappa shape index (κ3) is 22.7. The first-order chi connectivity index (χ1) is 9.08. The molecule has 0 spiro atoms. The van der Waals surface area contributed by atoms with Crippen LogP contribution < -0.4 is 5.73 Å². The molecule has 0 aliphatic carbocycles. The lowest BCUT2D eigenvalue weighted by molar-refractivity contribution is -0.131. The van der Waals surface area contributed by atoms with Crippen LogP contribution in [0.3, 0.4) is 0 Å². The summed E-state index contributed by atoms with van der Waals surface area (Å²) in [5, 5.41) is 16.5. The van der Waals surface area contributed by atoms with Gasteiger partial charge >= 0.3 is 5.97 Å². The second-order valence-corrected chi connectivity index (χ2v) is 4.65. The summed E-state index contributed by atoms with van der Waals surface area (Å²) in [6.45, 7) is 4.26. The van der Waals surface area contributed by atoms with Crippen molar-refractivity contribution < 1.29 is 15.0 Å². The third-order valence-corrected chi connectivity index (χ3v) is 2.74. The van der Waals surface area contributed by atoms with E-state index in [9.17, 15) is 4.79 Å². The molecule has 4 N–H and O–H groups in total. The van der Waals surface area contributed by atoms with E-state index >= 15 is 0 Å². The summed E-state index contributed by atoms with van der Waals surface area (Å²) in [6.07, 6.45) is 12.3. The van der Waals surface area contributed by atoms with Gasteiger partial charge in [0.15, 0.2) is 0 Å². The fraction of sp³-hybridized carbons (Fsp3) is 0.800. The monoisotopic (exact) mass is 273 g/mol. The van der Waals surface area contributed by atoms with Crippen molar-refractivity contribution in [2.75, 3.05) is 6.61 Å². The summed E-state index contributed by atoms with van der Waals surface area (Å²) < 4.78 is 0. The van der Waals surface area contributed by atoms with Gasteiger partial charge in [0.05, 0.1) is 6.61 Å². The highest BCUT2D eigenvalue weighted by Crippen LogP contribution is 2.06. The van der Waals surface area contributed by atoms with Crippen molar-refractivity contribution in [3.8, 4) is 0 Å². The first-order valence-electron chi connectivity index (χ1n) is 7.34. The quantitative estimate of drug-likeness (QED) is 0.422. The molecule has 0 rings (SSSR count). The molecule has 0 bridgehead atoms. The van der Waals surface area contributed by atoms with Crippen molar-refractivity contribution >= 4 is 5.97 Å². The molecule has 0 saturated heterocycles. The minimum atomic E-state index is -0.842. The van der Waals surface area contributed by atoms with Crippen molar-refractivity contribution in [1.82, 2.24) is 0 Å². The molecule has 0 aromatic heterocycles. The summed E-state index contributed by atoms with van der Waals surface area (Å²) in [7, 11) is 0. The number of aliphatic hydroxyl groups is 1. The Morgan fingerprint density at radius 1 is 1.16 bits per heavy atom. The molecule has 4 nitrogen and oxygen atoms in total. The van der Waals surface area contributed by atoms with Gasteiger partial charge in [-0.05, 0) is 19.3 Å². The van der Waals surface area contributed by atoms with Gasteiger partial charge in [-0.25, -0.2) is 4.79 Å². The topological polar surface area (TPSA) is 83.5 Å². The van der Waals surface area contributed by atoms with Crippen LogP contribution in [0.15, 0.2) is 12.2 Å². The third-order valence-electron chi connectivity index (χ3n) is 2.74. The molecule has 0 aliphatic rings. The maximum Gasteiger partial charge on any atom is 0.327 e. The standard InChI is InChI=1S/C11H20O2.C4H11NO/c1-2-3-4-5-6-7-8-9-10-11(12)13;1-2-4(5)3-6/h9-10H,2-8H2,1H3,(H,12,13);4,6H,2-3,5H2,1H3. The average molecular weight is 273 g/mol. The molecule has 19 heavy (non-hydrogen) atoms. The molecule has 114 valence electrons. The van der Waals surface area contributed by atoms with Gasteiger partial charge in [-0.3, -0.25) is 0 Å². The van der Waals surface area contributed by atoms with E-state index in [2.05, 4.69) is 6.92 Å². The lowest BCUT2D eigenvalue weighted by Crippen LogP contribution is -2.22. The highest BCUT2D eigenvalue weighted by Gasteiger charge is 1.90. The second-order valence-electron chi connectivity index (χ2n) is 4.65. The highest BCUT2D eigenvalue weighted by atomic mass is 16.4. The zero-order valence-corrected chi connectivity index (χ0v) is 12.5. The minimum absolute atomic E-state index is 0.00926. The van der Waals surface area contributed by atoms with Gasteiger partial charge in [0, 0.05) is 12.1 Å². The summed E-state index contributed by atoms with van der Waals surface area (Å²) in [5.41, 5.74) is 5.22. The van der Waals surface area contributed by atoms with E-state index in [4.69, 9.17) is 15.9 Å². The summed E-state index contributed by atoms with van der Waals surface area (Å²) >= 11 is 0. The Bertz CT molecular complexity index is 213. The van der Waals surface area contributed by atoms with Crippen LogP contribution in [0.1, 0.15) is 65.2 Å². The number of carbonyl (C=O) groups is 1. The molecule has 4 heteroatoms. The summed E-state index contributed by atoms with van der Waals surface area (Å²) in [4.78, 5) is 10.1. The van der Waals surface area contributed by atoms with Crippen LogP contribution in [0.2, 0.25) is 0 Å². The fourth-order valence-electron chi connectivity index (χ4n) is 1.36. The number of hydrogen-bond acceptors (Lipinski definition) is 3. The van der Waals surface area contributed by atoms with Crippen molar-refractivity contribution in [3.63, 3.8) is 0 Å². The molecule has 0 aromatic rings. The molecule has 1 atom stereocenters. The molecule has 0 aliphatic heterocycles. The first-order valence-corrected chi connectivity index (χ1v) is 7.34. The van der Waals surface area contributed by atoms with Crippen molar-refractivity contribution in [1.29, 1.82) is 0 Å². The maximum absolute atomic E-state index is 10.1. The van der Waals surface area contributed by atoms with Gasteiger partial charge in [-0.1, -0.05) is 52.0 Å². The van der Waals surface area contributed by atoms with E-state index in [1.165, 1.54) is 38.2 Å². The number of carboxylic acid groups (broad SMARTS) is 1. The van der Waals surface area contributed by atoms with E-state index < -0.39 is 5.97 Å². The Labute approximate surface area is 117 Å². The Balaban J connectivity index is 0. The highest BCUT2D eigenvalue weighted by molar-refractivity contribution is 5.79. The van der Waals surface area contributed by atoms with Crippen LogP contribution in [0.5, 0.6) is 0 Å². The number of unbranched alkanes of at least 4 members (excludes halogenated alkanes) is 6. The molecule has 0 amide bonds. The maximum atomic E-state index is 10.1. The predicted octanol–water partition coefficient (Wildman–Crippen LogP) is 3.09. The number of nitrogens with two attached hydrogens (primary N) is 1. The zero-order valence-electron chi connectivity index (χ0n) is 12.5. The molecule has 0 heterocycles. The molecule has 0 saturated carbocycles. The van der Waals surface area contributed by atoms with Crippen LogP contribution in [-0.2, 0) is 4.79 Å². The Morgan fingerprint density at radius 2 is 1.74 bits per heavy atom. The molecular weight excluding hydrogens is 242 g/mol. The van der Waals surface area contributed by atoms with Gasteiger partial charge in [-0.2, -0.15) is 0 Å². The smallest absolute Gasteiger partial charge is 0.327 e. The molecule has 1 unspecified atom stereocenters. The van der Waals surface area contributed by atoms with Crippen LogP contribution >= 0.6 is 0 Å². The van der Waals surface area contributed by atoms with Crippen LogP contribution in [0, 0.1) is 0 Å². The Hall–Kier alpha value is -0.870. The van der Waals surface area contributed by atoms with Crippen LogP contribution in [0.4, 0.5) is 0 Å². The van der Waals surface area contributed by atoms with Gasteiger partial charge in [0.1, 0.15) is 0 Å². The van der Waals surface area contributed by atoms with Gasteiger partial charge in [0.25, 0.3) is 0 Å². The van der Waals surface area contributed by atoms with Crippen molar-refractivity contribution in [2.24, 2.45) is 5.73 Å². The Kier molecular flexibility index (Phi) is 18.4. The lowest BCUT2D eigenvalue weighted by Gasteiger charge is -1.98. The van der Waals surface area contributed by atoms with E-state index in [0.29, 0.717) is 0 Å². The average Bonchev–Trinajstić information content (AvgIpc) is 2.41. The second kappa shape index (κ2) is 17.1. The molecule has 0 radical (unpaired) electrons. The molecular formula is C15H31NO3. The number of aliphatic hydroxyl groups excluding tert-OH is 1. The number of hydrogen-bond donors (Lipinski definition) is 3. The summed E-state index contributed by atoms with van der Waals surface area (Å²) in [6, 6.07) is -0.00926. The van der Waals surface area contributed by atoms with E-state index in [1.807, 2.05) is 6.92 Å². The predicted molar refractivity (Wildman–Crippen MR) is 80.1 cm³/mol. The zero-order chi connectivity index (χ0) is 14.9. The van der Waals surface area contributed by atoms with Crippen molar-refractivity contribution in [2.45, 2.75) is 71.3 Å². The van der Waals surface area contributed by atoms with Gasteiger partial charge in [0.2, 0.25) is 0 Å². The minimum Gasteiger partial charge on any atom is -0.478 e. The number of carboxylic acids is 1. The molecule has 0 aromatic carbocycles.